The summed E-state index contributed by atoms with van der Waals surface area (Å²) >= 11 is 5.60. The molecule has 1 aliphatic heterocycles. The molecule has 0 unspecified atom stereocenters. The summed E-state index contributed by atoms with van der Waals surface area (Å²) in [5, 5.41) is 4.72. The van der Waals surface area contributed by atoms with Gasteiger partial charge in [-0.15, -0.1) is 0 Å². The molecule has 2 aromatic rings. The summed E-state index contributed by atoms with van der Waals surface area (Å²) in [6, 6.07) is 8.86. The van der Waals surface area contributed by atoms with Crippen molar-refractivity contribution in [1.29, 1.82) is 0 Å². The number of nitrogens with zero attached hydrogens (tertiary/aromatic N) is 5. The Bertz CT molecular complexity index is 1010. The number of rotatable bonds is 7. The number of aromatic nitrogens is 3. The summed E-state index contributed by atoms with van der Waals surface area (Å²) in [6.07, 6.45) is 0.619. The van der Waals surface area contributed by atoms with Gasteiger partial charge in [0.25, 0.3) is 0 Å². The Morgan fingerprint density at radius 3 is 2.41 bits per heavy atom. The van der Waals surface area contributed by atoms with Crippen LogP contribution in [0.5, 0.6) is 0 Å². The van der Waals surface area contributed by atoms with E-state index in [1.54, 1.807) is 0 Å². The van der Waals surface area contributed by atoms with E-state index in [9.17, 15) is 8.42 Å². The van der Waals surface area contributed by atoms with E-state index in [0.717, 1.165) is 12.4 Å². The Kier molecular flexibility index (Phi) is 6.50. The number of sulfone groups is 1. The average Bonchev–Trinajstić information content (AvgIpc) is 3.15. The second kappa shape index (κ2) is 8.57. The van der Waals surface area contributed by atoms with Crippen molar-refractivity contribution >= 4 is 27.7 Å². The molecule has 0 bridgehead atoms. The van der Waals surface area contributed by atoms with Gasteiger partial charge in [-0.3, -0.25) is 4.90 Å². The fourth-order valence-electron chi connectivity index (χ4n) is 3.65. The van der Waals surface area contributed by atoms with Crippen molar-refractivity contribution in [2.45, 2.75) is 45.4 Å². The number of benzene rings is 1. The van der Waals surface area contributed by atoms with Crippen molar-refractivity contribution in [1.82, 2.24) is 19.2 Å². The van der Waals surface area contributed by atoms with Gasteiger partial charge < -0.3 is 9.47 Å². The number of hydrogen-bond acceptors (Lipinski definition) is 6. The molecule has 0 spiro atoms. The first kappa shape index (κ1) is 22.0. The average molecular weight is 438 g/mol. The summed E-state index contributed by atoms with van der Waals surface area (Å²) in [7, 11) is 2.99. The molecule has 2 heterocycles. The molecule has 0 aliphatic carbocycles. The molecule has 1 fully saturated rings. The lowest BCUT2D eigenvalue weighted by Crippen LogP contribution is -2.33. The van der Waals surface area contributed by atoms with E-state index in [1.807, 2.05) is 30.4 Å². The zero-order valence-corrected chi connectivity index (χ0v) is 19.5. The van der Waals surface area contributed by atoms with Crippen LogP contribution in [0.25, 0.3) is 0 Å². The van der Waals surface area contributed by atoms with Crippen LogP contribution in [-0.4, -0.2) is 59.3 Å². The van der Waals surface area contributed by atoms with Crippen LogP contribution >= 0.6 is 12.2 Å². The molecule has 1 aliphatic rings. The van der Waals surface area contributed by atoms with E-state index in [1.165, 1.54) is 11.3 Å². The van der Waals surface area contributed by atoms with Gasteiger partial charge in [-0.05, 0) is 50.2 Å². The fraction of sp³-hybridized carbons (Fsp3) is 0.600. The topological polar surface area (TPSA) is 63.4 Å². The van der Waals surface area contributed by atoms with Gasteiger partial charge in [0.15, 0.2) is 14.6 Å². The van der Waals surface area contributed by atoms with Gasteiger partial charge in [0, 0.05) is 45.3 Å². The van der Waals surface area contributed by atoms with E-state index in [4.69, 9.17) is 17.3 Å². The molecule has 0 N–H and O–H groups in total. The normalized spacial score (nSPS) is 18.7. The maximum absolute atomic E-state index is 11.9. The Morgan fingerprint density at radius 1 is 1.24 bits per heavy atom. The largest absolute Gasteiger partial charge is 0.378 e. The molecule has 1 aromatic carbocycles. The van der Waals surface area contributed by atoms with E-state index < -0.39 is 9.84 Å². The van der Waals surface area contributed by atoms with Crippen LogP contribution in [0.4, 0.5) is 5.69 Å². The minimum atomic E-state index is -2.96. The highest BCUT2D eigenvalue weighted by Crippen LogP contribution is 2.27. The van der Waals surface area contributed by atoms with Crippen molar-refractivity contribution in [3.8, 4) is 0 Å². The summed E-state index contributed by atoms with van der Waals surface area (Å²) < 4.78 is 28.1. The van der Waals surface area contributed by atoms with E-state index in [0.29, 0.717) is 23.9 Å². The second-order valence-electron chi connectivity index (χ2n) is 8.34. The first-order valence-electron chi connectivity index (χ1n) is 9.92. The highest BCUT2D eigenvalue weighted by atomic mass is 32.2. The van der Waals surface area contributed by atoms with E-state index in [2.05, 4.69) is 47.9 Å². The standard InChI is InChI=1S/C20H31N5O2S2/c1-15(2)24(12-16-6-8-18(9-7-16)22(3)4)14-25-20(28)23(5)19(21-25)17-10-11-29(26,27)13-17/h6-9,15,17H,10-14H2,1-5H3/t17-/m0/s1. The van der Waals surface area contributed by atoms with Crippen molar-refractivity contribution in [2.75, 3.05) is 30.5 Å². The first-order chi connectivity index (χ1) is 13.6. The number of hydrogen-bond donors (Lipinski definition) is 0. The molecule has 29 heavy (non-hydrogen) atoms. The monoisotopic (exact) mass is 437 g/mol. The molecule has 0 radical (unpaired) electrons. The minimum absolute atomic E-state index is 0.0703. The highest BCUT2D eigenvalue weighted by molar-refractivity contribution is 7.91. The Hall–Kier alpha value is -1.71. The van der Waals surface area contributed by atoms with Crippen molar-refractivity contribution < 1.29 is 8.42 Å². The molecular weight excluding hydrogens is 406 g/mol. The fourth-order valence-corrected chi connectivity index (χ4v) is 5.58. The summed E-state index contributed by atoms with van der Waals surface area (Å²) in [6.45, 7) is 5.67. The maximum Gasteiger partial charge on any atom is 0.198 e. The van der Waals surface area contributed by atoms with E-state index in [-0.39, 0.29) is 17.4 Å². The van der Waals surface area contributed by atoms with Gasteiger partial charge in [0.2, 0.25) is 0 Å². The second-order valence-corrected chi connectivity index (χ2v) is 10.9. The molecule has 0 amide bonds. The van der Waals surface area contributed by atoms with Crippen LogP contribution in [0.15, 0.2) is 24.3 Å². The molecular formula is C20H31N5O2S2. The van der Waals surface area contributed by atoms with Gasteiger partial charge in [0.1, 0.15) is 5.82 Å². The minimum Gasteiger partial charge on any atom is -0.378 e. The van der Waals surface area contributed by atoms with Crippen LogP contribution in [0.1, 0.15) is 37.6 Å². The van der Waals surface area contributed by atoms with Gasteiger partial charge >= 0.3 is 0 Å². The lowest BCUT2D eigenvalue weighted by Gasteiger charge is -2.26. The SMILES string of the molecule is CC(C)N(Cc1ccc(N(C)C)cc1)Cn1nc([C@H]2CCS(=O)(=O)C2)n(C)c1=S. The van der Waals surface area contributed by atoms with Crippen LogP contribution in [0, 0.1) is 4.77 Å². The van der Waals surface area contributed by atoms with E-state index >= 15 is 0 Å². The first-order valence-corrected chi connectivity index (χ1v) is 12.1. The summed E-state index contributed by atoms with van der Waals surface area (Å²) in [4.78, 5) is 4.39. The molecule has 3 rings (SSSR count). The predicted octanol–water partition coefficient (Wildman–Crippen LogP) is 2.79. The van der Waals surface area contributed by atoms with Gasteiger partial charge in [-0.1, -0.05) is 12.1 Å². The Labute approximate surface area is 178 Å². The van der Waals surface area contributed by atoms with Crippen molar-refractivity contribution in [2.24, 2.45) is 7.05 Å². The molecule has 1 atom stereocenters. The molecule has 7 nitrogen and oxygen atoms in total. The van der Waals surface area contributed by atoms with Gasteiger partial charge in [0.05, 0.1) is 18.2 Å². The third-order valence-corrected chi connectivity index (χ3v) is 7.81. The Morgan fingerprint density at radius 2 is 1.90 bits per heavy atom. The third-order valence-electron chi connectivity index (χ3n) is 5.56. The zero-order valence-electron chi connectivity index (χ0n) is 17.9. The molecule has 9 heteroatoms. The van der Waals surface area contributed by atoms with Crippen molar-refractivity contribution in [3.63, 3.8) is 0 Å². The Balaban J connectivity index is 1.79. The quantitative estimate of drug-likeness (QED) is 0.621. The van der Waals surface area contributed by atoms with Crippen LogP contribution in [0.3, 0.4) is 0 Å². The maximum atomic E-state index is 11.9. The molecule has 160 valence electrons. The summed E-state index contributed by atoms with van der Waals surface area (Å²) in [5.74, 6) is 1.10. The lowest BCUT2D eigenvalue weighted by atomic mass is 10.1. The number of anilines is 1. The zero-order chi connectivity index (χ0) is 21.3. The van der Waals surface area contributed by atoms with Gasteiger partial charge in [-0.2, -0.15) is 5.10 Å². The predicted molar refractivity (Wildman–Crippen MR) is 119 cm³/mol. The molecule has 1 aromatic heterocycles. The summed E-state index contributed by atoms with van der Waals surface area (Å²) in [5.41, 5.74) is 2.40. The lowest BCUT2D eigenvalue weighted by molar-refractivity contribution is 0.153. The smallest absolute Gasteiger partial charge is 0.198 e. The van der Waals surface area contributed by atoms with Crippen molar-refractivity contribution in [3.05, 3.63) is 40.4 Å². The van der Waals surface area contributed by atoms with Crippen LogP contribution in [0.2, 0.25) is 0 Å². The van der Waals surface area contributed by atoms with Gasteiger partial charge in [-0.25, -0.2) is 13.1 Å². The molecule has 1 saturated heterocycles. The third kappa shape index (κ3) is 5.07. The molecule has 0 saturated carbocycles. The van der Waals surface area contributed by atoms with Crippen LogP contribution < -0.4 is 4.90 Å². The highest BCUT2D eigenvalue weighted by Gasteiger charge is 2.32. The van der Waals surface area contributed by atoms with Crippen LogP contribution in [-0.2, 0) is 30.1 Å².